The van der Waals surface area contributed by atoms with Gasteiger partial charge in [-0.2, -0.15) is 8.78 Å². The number of alkyl halides is 2. The lowest BCUT2D eigenvalue weighted by atomic mass is 9.98. The summed E-state index contributed by atoms with van der Waals surface area (Å²) in [5, 5.41) is 0. The second-order valence-electron chi connectivity index (χ2n) is 8.53. The number of H-pyrrole nitrogens is 1. The Bertz CT molecular complexity index is 1320. The molecule has 0 aliphatic carbocycles. The number of hydrogen-bond donors (Lipinski definition) is 1. The average molecular weight is 466 g/mol. The van der Waals surface area contributed by atoms with E-state index in [9.17, 15) is 13.6 Å². The third-order valence-corrected chi connectivity index (χ3v) is 6.19. The molecule has 3 heterocycles. The van der Waals surface area contributed by atoms with Gasteiger partial charge in [0.05, 0.1) is 17.6 Å². The largest absolute Gasteiger partial charge is 0.434 e. The number of halogens is 2. The molecule has 0 radical (unpaired) electrons. The summed E-state index contributed by atoms with van der Waals surface area (Å²) in [6.45, 7) is -1.08. The van der Waals surface area contributed by atoms with Gasteiger partial charge in [-0.05, 0) is 54.2 Å². The molecule has 2 aromatic carbocycles. The smallest absolute Gasteiger partial charge is 0.387 e. The topological polar surface area (TPSA) is 69.1 Å². The number of benzene rings is 2. The highest BCUT2D eigenvalue weighted by Crippen LogP contribution is 2.29. The Morgan fingerprint density at radius 3 is 2.76 bits per heavy atom. The van der Waals surface area contributed by atoms with Crippen molar-refractivity contribution in [2.24, 2.45) is 5.92 Å². The fourth-order valence-electron chi connectivity index (χ4n) is 4.52. The average Bonchev–Trinajstić information content (AvgIpc) is 3.17. The van der Waals surface area contributed by atoms with Crippen LogP contribution in [0.2, 0.25) is 0 Å². The van der Waals surface area contributed by atoms with Crippen LogP contribution in [-0.2, 0) is 17.7 Å². The van der Waals surface area contributed by atoms with Crippen molar-refractivity contribution in [3.8, 4) is 16.9 Å². The van der Waals surface area contributed by atoms with Crippen LogP contribution in [0.3, 0.4) is 0 Å². The summed E-state index contributed by atoms with van der Waals surface area (Å²) >= 11 is 0. The zero-order valence-corrected chi connectivity index (χ0v) is 18.5. The molecular formula is C26H25F2N3O3. The van der Waals surface area contributed by atoms with Crippen LogP contribution in [0.15, 0.2) is 65.6 Å². The van der Waals surface area contributed by atoms with Gasteiger partial charge in [0.25, 0.3) is 0 Å². The fraction of sp³-hybridized carbons (Fsp3) is 0.308. The number of aromatic nitrogens is 3. The Morgan fingerprint density at radius 1 is 1.15 bits per heavy atom. The Labute approximate surface area is 195 Å². The van der Waals surface area contributed by atoms with Gasteiger partial charge in [0, 0.05) is 37.5 Å². The van der Waals surface area contributed by atoms with Crippen LogP contribution in [0.1, 0.15) is 24.2 Å². The number of para-hydroxylation sites is 1. The van der Waals surface area contributed by atoms with Gasteiger partial charge in [-0.15, -0.1) is 0 Å². The van der Waals surface area contributed by atoms with Crippen molar-refractivity contribution in [1.82, 2.24) is 14.5 Å². The van der Waals surface area contributed by atoms with E-state index in [0.29, 0.717) is 24.6 Å². The highest BCUT2D eigenvalue weighted by molar-refractivity contribution is 5.82. The Balaban J connectivity index is 1.58. The summed E-state index contributed by atoms with van der Waals surface area (Å²) in [7, 11) is 0. The highest BCUT2D eigenvalue weighted by atomic mass is 19.3. The molecule has 1 aliphatic heterocycles. The number of pyridine rings is 1. The summed E-state index contributed by atoms with van der Waals surface area (Å²) in [6.07, 6.45) is 4.50. The van der Waals surface area contributed by atoms with Gasteiger partial charge in [-0.25, -0.2) is 4.98 Å². The summed E-state index contributed by atoms with van der Waals surface area (Å²) in [6, 6.07) is 16.0. The minimum absolute atomic E-state index is 0.156. The van der Waals surface area contributed by atoms with Crippen molar-refractivity contribution in [3.63, 3.8) is 0 Å². The number of aromatic amines is 1. The number of imidazole rings is 1. The fourth-order valence-corrected chi connectivity index (χ4v) is 4.52. The van der Waals surface area contributed by atoms with E-state index in [2.05, 4.69) is 9.55 Å². The first-order valence-electron chi connectivity index (χ1n) is 11.4. The van der Waals surface area contributed by atoms with Crippen molar-refractivity contribution in [2.75, 3.05) is 13.2 Å². The summed E-state index contributed by atoms with van der Waals surface area (Å²) in [5.41, 5.74) is 4.00. The van der Waals surface area contributed by atoms with Crippen LogP contribution in [0.4, 0.5) is 8.78 Å². The lowest BCUT2D eigenvalue weighted by Crippen LogP contribution is -2.21. The minimum Gasteiger partial charge on any atom is -0.434 e. The maximum Gasteiger partial charge on any atom is 0.387 e. The maximum atomic E-state index is 13.0. The number of fused-ring (bicyclic) bond motifs is 1. The normalized spacial score (nSPS) is 16.3. The Hall–Kier alpha value is -3.52. The third-order valence-electron chi connectivity index (χ3n) is 6.19. The highest BCUT2D eigenvalue weighted by Gasteiger charge is 2.21. The Morgan fingerprint density at radius 2 is 2.00 bits per heavy atom. The molecule has 0 amide bonds. The quantitative estimate of drug-likeness (QED) is 0.417. The predicted molar refractivity (Wildman–Crippen MR) is 125 cm³/mol. The second-order valence-corrected chi connectivity index (χ2v) is 8.53. The van der Waals surface area contributed by atoms with Crippen molar-refractivity contribution in [1.29, 1.82) is 0 Å². The molecule has 0 saturated carbocycles. The van der Waals surface area contributed by atoms with E-state index in [0.717, 1.165) is 53.9 Å². The summed E-state index contributed by atoms with van der Waals surface area (Å²) < 4.78 is 38.5. The zero-order valence-electron chi connectivity index (χ0n) is 18.5. The van der Waals surface area contributed by atoms with Crippen molar-refractivity contribution >= 4 is 11.0 Å². The van der Waals surface area contributed by atoms with Crippen LogP contribution in [-0.4, -0.2) is 34.4 Å². The second kappa shape index (κ2) is 9.77. The molecule has 1 atom stereocenters. The van der Waals surface area contributed by atoms with E-state index in [-0.39, 0.29) is 11.3 Å². The van der Waals surface area contributed by atoms with Crippen LogP contribution in [0.5, 0.6) is 5.75 Å². The summed E-state index contributed by atoms with van der Waals surface area (Å²) in [4.78, 5) is 19.1. The number of hydrogen-bond acceptors (Lipinski definition) is 4. The van der Waals surface area contributed by atoms with Crippen LogP contribution < -0.4 is 10.3 Å². The third kappa shape index (κ3) is 4.87. The monoisotopic (exact) mass is 465 g/mol. The standard InChI is InChI=1S/C26H25F2N3O3/c27-26(28)34-23-6-2-1-5-20(23)15-31-22-13-18(19-8-10-25(32)29-14-19)7-9-21(22)30-24(31)12-17-4-3-11-33-16-17/h1-2,5-10,13-14,17,26H,3-4,11-12,15-16H2,(H,29,32). The summed E-state index contributed by atoms with van der Waals surface area (Å²) in [5.74, 6) is 1.40. The molecule has 0 bridgehead atoms. The van der Waals surface area contributed by atoms with Gasteiger partial charge in [-0.3, -0.25) is 4.79 Å². The van der Waals surface area contributed by atoms with Gasteiger partial charge in [0.1, 0.15) is 11.6 Å². The van der Waals surface area contributed by atoms with E-state index in [1.54, 1.807) is 30.5 Å². The van der Waals surface area contributed by atoms with Gasteiger partial charge in [0.15, 0.2) is 0 Å². The van der Waals surface area contributed by atoms with E-state index in [4.69, 9.17) is 14.5 Å². The molecule has 1 fully saturated rings. The lowest BCUT2D eigenvalue weighted by molar-refractivity contribution is -0.0504. The van der Waals surface area contributed by atoms with Crippen molar-refractivity contribution < 1.29 is 18.3 Å². The molecule has 176 valence electrons. The first-order valence-corrected chi connectivity index (χ1v) is 11.4. The number of ether oxygens (including phenoxy) is 2. The van der Waals surface area contributed by atoms with Crippen LogP contribution in [0, 0.1) is 5.92 Å². The van der Waals surface area contributed by atoms with E-state index >= 15 is 0 Å². The molecule has 1 unspecified atom stereocenters. The number of nitrogens with one attached hydrogen (secondary N) is 1. The van der Waals surface area contributed by atoms with E-state index < -0.39 is 6.61 Å². The minimum atomic E-state index is -2.90. The molecule has 5 rings (SSSR count). The number of nitrogens with zero attached hydrogens (tertiary/aromatic N) is 2. The van der Waals surface area contributed by atoms with E-state index in [1.807, 2.05) is 24.3 Å². The lowest BCUT2D eigenvalue weighted by Gasteiger charge is -2.22. The van der Waals surface area contributed by atoms with Crippen LogP contribution in [0.25, 0.3) is 22.2 Å². The molecule has 1 N–H and O–H groups in total. The molecule has 1 aliphatic rings. The van der Waals surface area contributed by atoms with Crippen molar-refractivity contribution in [2.45, 2.75) is 32.4 Å². The van der Waals surface area contributed by atoms with Gasteiger partial charge in [-0.1, -0.05) is 24.3 Å². The Kier molecular flexibility index (Phi) is 6.40. The van der Waals surface area contributed by atoms with Gasteiger partial charge < -0.3 is 19.0 Å². The van der Waals surface area contributed by atoms with Crippen molar-refractivity contribution in [3.05, 3.63) is 82.5 Å². The predicted octanol–water partition coefficient (Wildman–Crippen LogP) is 5.01. The molecular weight excluding hydrogens is 440 g/mol. The van der Waals surface area contributed by atoms with Gasteiger partial charge >= 0.3 is 6.61 Å². The van der Waals surface area contributed by atoms with Gasteiger partial charge in [0.2, 0.25) is 5.56 Å². The molecule has 6 nitrogen and oxygen atoms in total. The SMILES string of the molecule is O=c1ccc(-c2ccc3nc(CC4CCCOC4)n(Cc4ccccc4OC(F)F)c3c2)c[nH]1. The molecule has 34 heavy (non-hydrogen) atoms. The van der Waals surface area contributed by atoms with E-state index in [1.165, 1.54) is 6.07 Å². The molecule has 2 aromatic heterocycles. The molecule has 1 saturated heterocycles. The molecule has 0 spiro atoms. The van der Waals surface area contributed by atoms with Crippen LogP contribution >= 0.6 is 0 Å². The molecule has 8 heteroatoms. The first-order chi connectivity index (χ1) is 16.6. The zero-order chi connectivity index (χ0) is 23.5. The maximum absolute atomic E-state index is 13.0. The first kappa shape index (κ1) is 22.3. The number of rotatable bonds is 7. The molecule has 4 aromatic rings.